The van der Waals surface area contributed by atoms with Crippen molar-refractivity contribution in [1.29, 1.82) is 0 Å². The number of rotatable bonds is 9. The van der Waals surface area contributed by atoms with Gasteiger partial charge in [-0.1, -0.05) is 37.4 Å². The van der Waals surface area contributed by atoms with E-state index in [1.807, 2.05) is 0 Å². The average Bonchev–Trinajstić information content (AvgIpc) is 3.68. The van der Waals surface area contributed by atoms with Crippen LogP contribution in [0.3, 0.4) is 0 Å². The number of aryl methyl sites for hydroxylation is 1. The van der Waals surface area contributed by atoms with Crippen LogP contribution < -0.4 is 15.8 Å². The predicted molar refractivity (Wildman–Crippen MR) is 202 cm³/mol. The van der Waals surface area contributed by atoms with Crippen LogP contribution in [0.25, 0.3) is 22.0 Å². The fourth-order valence-corrected chi connectivity index (χ4v) is 7.76. The average molecular weight is 853 g/mol. The van der Waals surface area contributed by atoms with Crippen LogP contribution in [-0.2, 0) is 46.9 Å². The minimum atomic E-state index is -5.12. The van der Waals surface area contributed by atoms with Gasteiger partial charge in [0.2, 0.25) is 15.9 Å². The second kappa shape index (κ2) is 14.9. The van der Waals surface area contributed by atoms with E-state index in [2.05, 4.69) is 32.1 Å². The molecule has 3 atom stereocenters. The Bertz CT molecular complexity index is 2620. The van der Waals surface area contributed by atoms with Gasteiger partial charge in [0.25, 0.3) is 5.92 Å². The fourth-order valence-electron chi connectivity index (χ4n) is 7.02. The van der Waals surface area contributed by atoms with Crippen LogP contribution in [0.4, 0.5) is 36.6 Å². The molecule has 308 valence electrons. The Morgan fingerprint density at radius 3 is 2.29 bits per heavy atom. The topological polar surface area (TPSA) is 150 Å². The molecule has 1 aliphatic carbocycles. The van der Waals surface area contributed by atoms with Gasteiger partial charge in [0, 0.05) is 35.7 Å². The molecule has 0 fully saturated rings. The first-order valence-electron chi connectivity index (χ1n) is 17.5. The van der Waals surface area contributed by atoms with Crippen LogP contribution >= 0.6 is 11.6 Å². The number of fused-ring (bicyclic) bond motifs is 2. The molecule has 6 rings (SSSR count). The number of hydrogen-bond acceptors (Lipinski definition) is 7. The van der Waals surface area contributed by atoms with Crippen LogP contribution in [0.1, 0.15) is 73.6 Å². The molecule has 1 aliphatic rings. The predicted octanol–water partition coefficient (Wildman–Crippen LogP) is 7.19. The van der Waals surface area contributed by atoms with Gasteiger partial charge in [0.1, 0.15) is 29.6 Å². The minimum absolute atomic E-state index is 0.00339. The summed E-state index contributed by atoms with van der Waals surface area (Å²) >= 11 is 6.57. The summed E-state index contributed by atoms with van der Waals surface area (Å²) in [6.07, 6.45) is -4.59. The number of pyridine rings is 1. The molecule has 20 heteroatoms. The lowest BCUT2D eigenvalue weighted by Gasteiger charge is -2.23. The van der Waals surface area contributed by atoms with Gasteiger partial charge in [-0.05, 0) is 68.0 Å². The summed E-state index contributed by atoms with van der Waals surface area (Å²) in [5.74, 6) is -4.03. The maximum Gasteiger partial charge on any atom is 0.435 e. The van der Waals surface area contributed by atoms with Gasteiger partial charge < -0.3 is 11.1 Å². The van der Waals surface area contributed by atoms with Gasteiger partial charge in [-0.2, -0.15) is 32.1 Å². The number of hydrogen-bond donors (Lipinski definition) is 3. The summed E-state index contributed by atoms with van der Waals surface area (Å²) < 4.78 is 131. The molecular formula is C38H36ClF7N8O3S. The molecule has 3 heterocycles. The second-order valence-electron chi connectivity index (χ2n) is 14.8. The van der Waals surface area contributed by atoms with E-state index < -0.39 is 93.0 Å². The zero-order valence-corrected chi connectivity index (χ0v) is 33.2. The molecule has 58 heavy (non-hydrogen) atoms. The Labute approximate surface area is 333 Å². The summed E-state index contributed by atoms with van der Waals surface area (Å²) in [6.45, 7) is 4.49. The number of carbonyl (C=O) groups is 1. The largest absolute Gasteiger partial charge is 0.435 e. The Hall–Kier alpha value is -5.19. The van der Waals surface area contributed by atoms with Gasteiger partial charge in [-0.3, -0.25) is 18.9 Å². The van der Waals surface area contributed by atoms with Crippen molar-refractivity contribution in [2.45, 2.75) is 70.3 Å². The Balaban J connectivity index is 1.55. The second-order valence-corrected chi connectivity index (χ2v) is 17.0. The van der Waals surface area contributed by atoms with Gasteiger partial charge in [-0.15, -0.1) is 0 Å². The van der Waals surface area contributed by atoms with E-state index in [0.717, 1.165) is 25.3 Å². The number of anilines is 1. The molecule has 3 aromatic heterocycles. The van der Waals surface area contributed by atoms with Crippen molar-refractivity contribution in [3.8, 4) is 23.0 Å². The normalized spacial score (nSPS) is 17.2. The number of amides is 1. The maximum absolute atomic E-state index is 15.6. The van der Waals surface area contributed by atoms with E-state index in [9.17, 15) is 35.2 Å². The lowest BCUT2D eigenvalue weighted by Crippen LogP contribution is -2.35. The molecule has 0 saturated heterocycles. The molecule has 0 spiro atoms. The van der Waals surface area contributed by atoms with Crippen molar-refractivity contribution < 1.29 is 43.9 Å². The monoisotopic (exact) mass is 852 g/mol. The molecule has 0 unspecified atom stereocenters. The Morgan fingerprint density at radius 1 is 1.05 bits per heavy atom. The standard InChI is InChI=1S/C38H36ClF7N8O3S/c1-18-19(2)37(42,43)34-29(18)33(38(44,45)46)50-54(34)17-28(55)49-27(15-20-13-21(40)16-22(41)14-20)31-24(8-7-23(48-31)11-12-36(3,4)47)25-9-10-26(39)30-32(25)53(5)51-35(30)52-58(6,56)57/h7-10,13-14,16,18-19,27H,15,17,47H2,1-6H3,(H,49,55)(H,51,52)/t18-,19+,27-/m0/s1. The smallest absolute Gasteiger partial charge is 0.346 e. The van der Waals surface area contributed by atoms with E-state index in [4.69, 9.17) is 22.3 Å². The van der Waals surface area contributed by atoms with Gasteiger partial charge in [0.05, 0.1) is 39.5 Å². The summed E-state index contributed by atoms with van der Waals surface area (Å²) in [6, 6.07) is 7.31. The Morgan fingerprint density at radius 2 is 1.69 bits per heavy atom. The number of carbonyl (C=O) groups excluding carboxylic acids is 1. The molecule has 0 radical (unpaired) electrons. The van der Waals surface area contributed by atoms with Gasteiger partial charge >= 0.3 is 6.18 Å². The molecule has 0 saturated carbocycles. The number of aromatic nitrogens is 5. The Kier molecular flexibility index (Phi) is 10.9. The number of nitrogens with one attached hydrogen (secondary N) is 2. The van der Waals surface area contributed by atoms with Gasteiger partial charge in [0.15, 0.2) is 11.5 Å². The highest BCUT2D eigenvalue weighted by Crippen LogP contribution is 2.55. The molecule has 0 bridgehead atoms. The molecule has 2 aromatic carbocycles. The third kappa shape index (κ3) is 8.50. The molecule has 11 nitrogen and oxygen atoms in total. The van der Waals surface area contributed by atoms with Crippen molar-refractivity contribution in [2.24, 2.45) is 18.7 Å². The number of sulfonamides is 1. The first-order valence-corrected chi connectivity index (χ1v) is 19.8. The van der Waals surface area contributed by atoms with Crippen LogP contribution in [0, 0.1) is 29.4 Å². The molecule has 5 aromatic rings. The number of nitrogens with two attached hydrogens (primary N) is 1. The van der Waals surface area contributed by atoms with E-state index in [0.29, 0.717) is 16.3 Å². The number of alkyl halides is 5. The van der Waals surface area contributed by atoms with Gasteiger partial charge in [-0.25, -0.2) is 22.2 Å². The summed E-state index contributed by atoms with van der Waals surface area (Å²) in [4.78, 5) is 18.7. The van der Waals surface area contributed by atoms with E-state index in [-0.39, 0.29) is 44.3 Å². The fraction of sp³-hybridized carbons (Fsp3) is 0.368. The maximum atomic E-state index is 15.6. The SMILES string of the molecule is C[C@@H]1c2c(C(F)(F)F)nn(CC(=O)N[C@@H](Cc3cc(F)cc(F)c3)c3nc(C#CC(C)(C)N)ccc3-c3ccc(Cl)c4c(NS(C)(=O)=O)nn(C)c34)c2C(F)(F)[C@@H]1C. The molecule has 4 N–H and O–H groups in total. The summed E-state index contributed by atoms with van der Waals surface area (Å²) in [5, 5.41) is 10.7. The first-order chi connectivity index (χ1) is 26.7. The highest BCUT2D eigenvalue weighted by atomic mass is 35.5. The van der Waals surface area contributed by atoms with Crippen molar-refractivity contribution >= 4 is 44.3 Å². The van der Waals surface area contributed by atoms with Crippen LogP contribution in [0.2, 0.25) is 5.02 Å². The van der Waals surface area contributed by atoms with Crippen molar-refractivity contribution in [3.05, 3.63) is 93.0 Å². The van der Waals surface area contributed by atoms with Crippen molar-refractivity contribution in [3.63, 3.8) is 0 Å². The number of halogens is 8. The molecule has 1 amide bonds. The van der Waals surface area contributed by atoms with E-state index in [1.165, 1.54) is 30.8 Å². The number of nitrogens with zero attached hydrogens (tertiary/aromatic N) is 5. The van der Waals surface area contributed by atoms with Crippen LogP contribution in [-0.4, -0.2) is 50.7 Å². The van der Waals surface area contributed by atoms with E-state index in [1.54, 1.807) is 26.0 Å². The highest BCUT2D eigenvalue weighted by Gasteiger charge is 2.57. The van der Waals surface area contributed by atoms with Crippen molar-refractivity contribution in [1.82, 2.24) is 29.9 Å². The third-order valence-corrected chi connectivity index (χ3v) is 10.5. The lowest BCUT2D eigenvalue weighted by atomic mass is 9.93. The molecular weight excluding hydrogens is 817 g/mol. The third-order valence-electron chi connectivity index (χ3n) is 9.62. The molecule has 0 aliphatic heterocycles. The highest BCUT2D eigenvalue weighted by molar-refractivity contribution is 7.92. The van der Waals surface area contributed by atoms with Crippen molar-refractivity contribution in [2.75, 3.05) is 11.0 Å². The lowest BCUT2D eigenvalue weighted by molar-refractivity contribution is -0.143. The van der Waals surface area contributed by atoms with Crippen LogP contribution in [0.15, 0.2) is 42.5 Å². The summed E-state index contributed by atoms with van der Waals surface area (Å²) in [7, 11) is -2.34. The summed E-state index contributed by atoms with van der Waals surface area (Å²) in [5.41, 5.74) is 2.75. The first kappa shape index (κ1) is 42.4. The van der Waals surface area contributed by atoms with Crippen LogP contribution in [0.5, 0.6) is 0 Å². The number of benzene rings is 2. The zero-order chi connectivity index (χ0) is 42.9. The zero-order valence-electron chi connectivity index (χ0n) is 31.7. The van der Waals surface area contributed by atoms with E-state index >= 15 is 8.78 Å². The quantitative estimate of drug-likeness (QED) is 0.105. The minimum Gasteiger partial charge on any atom is -0.346 e.